The van der Waals surface area contributed by atoms with Crippen LogP contribution >= 0.6 is 0 Å². The maximum absolute atomic E-state index is 12.5. The standard InChI is InChI=1S/C25H31N3O3/c1-7-12-28-21-14-23(31-6)18(13-20(21)17(2)15-25(28,3)4)16-26-27-24(29)19-10-8-9-11-22(19)30-5/h8-11,13-16H,7,12H2,1-6H3,(H,27,29)/b26-16-. The summed E-state index contributed by atoms with van der Waals surface area (Å²) >= 11 is 0. The Hall–Kier alpha value is -3.28. The number of para-hydroxylation sites is 1. The number of amides is 1. The molecule has 6 heteroatoms. The molecule has 0 bridgehead atoms. The van der Waals surface area contributed by atoms with E-state index < -0.39 is 0 Å². The molecule has 31 heavy (non-hydrogen) atoms. The average Bonchev–Trinajstić information content (AvgIpc) is 2.75. The number of fused-ring (bicyclic) bond motifs is 1. The molecule has 0 fully saturated rings. The average molecular weight is 422 g/mol. The molecule has 2 aromatic carbocycles. The van der Waals surface area contributed by atoms with Gasteiger partial charge in [-0.15, -0.1) is 0 Å². The van der Waals surface area contributed by atoms with Gasteiger partial charge in [0.15, 0.2) is 0 Å². The van der Waals surface area contributed by atoms with Crippen molar-refractivity contribution in [2.75, 3.05) is 25.7 Å². The molecule has 0 spiro atoms. The van der Waals surface area contributed by atoms with E-state index in [1.807, 2.05) is 6.07 Å². The van der Waals surface area contributed by atoms with Crippen LogP contribution in [-0.4, -0.2) is 38.4 Å². The summed E-state index contributed by atoms with van der Waals surface area (Å²) in [5, 5.41) is 4.17. The quantitative estimate of drug-likeness (QED) is 0.511. The Bertz CT molecular complexity index is 1020. The number of benzene rings is 2. The van der Waals surface area contributed by atoms with Gasteiger partial charge in [-0.3, -0.25) is 4.79 Å². The van der Waals surface area contributed by atoms with E-state index in [4.69, 9.17) is 9.47 Å². The smallest absolute Gasteiger partial charge is 0.275 e. The van der Waals surface area contributed by atoms with Crippen molar-refractivity contribution in [1.29, 1.82) is 0 Å². The van der Waals surface area contributed by atoms with Gasteiger partial charge in [0.25, 0.3) is 5.91 Å². The second kappa shape index (κ2) is 9.25. The summed E-state index contributed by atoms with van der Waals surface area (Å²) in [5.41, 5.74) is 7.23. The molecule has 0 saturated heterocycles. The summed E-state index contributed by atoms with van der Waals surface area (Å²) in [6.07, 6.45) is 4.96. The fourth-order valence-corrected chi connectivity index (χ4v) is 4.08. The van der Waals surface area contributed by atoms with Crippen LogP contribution in [0.25, 0.3) is 5.57 Å². The summed E-state index contributed by atoms with van der Waals surface area (Å²) in [6, 6.07) is 11.2. The third-order valence-corrected chi connectivity index (χ3v) is 5.50. The summed E-state index contributed by atoms with van der Waals surface area (Å²) in [4.78, 5) is 14.9. The van der Waals surface area contributed by atoms with Gasteiger partial charge in [-0.05, 0) is 51.0 Å². The molecule has 2 aromatic rings. The van der Waals surface area contributed by atoms with Crippen molar-refractivity contribution in [3.8, 4) is 11.5 Å². The van der Waals surface area contributed by atoms with Gasteiger partial charge in [0.1, 0.15) is 11.5 Å². The molecule has 0 unspecified atom stereocenters. The maximum atomic E-state index is 12.5. The van der Waals surface area contributed by atoms with Crippen molar-refractivity contribution in [1.82, 2.24) is 5.43 Å². The number of hydrogen-bond donors (Lipinski definition) is 1. The van der Waals surface area contributed by atoms with Crippen LogP contribution < -0.4 is 19.8 Å². The molecule has 6 nitrogen and oxygen atoms in total. The van der Waals surface area contributed by atoms with Crippen molar-refractivity contribution < 1.29 is 14.3 Å². The largest absolute Gasteiger partial charge is 0.496 e. The number of allylic oxidation sites excluding steroid dienone is 1. The number of hydrogen-bond acceptors (Lipinski definition) is 5. The minimum absolute atomic E-state index is 0.0730. The Morgan fingerprint density at radius 1 is 1.16 bits per heavy atom. The number of nitrogens with one attached hydrogen (secondary N) is 1. The summed E-state index contributed by atoms with van der Waals surface area (Å²) in [6.45, 7) is 9.72. The van der Waals surface area contributed by atoms with E-state index in [2.05, 4.69) is 61.3 Å². The van der Waals surface area contributed by atoms with Crippen molar-refractivity contribution in [2.45, 2.75) is 39.7 Å². The molecule has 0 aromatic heterocycles. The fraction of sp³-hybridized carbons (Fsp3) is 0.360. The maximum Gasteiger partial charge on any atom is 0.275 e. The zero-order valence-electron chi connectivity index (χ0n) is 19.2. The third-order valence-electron chi connectivity index (χ3n) is 5.50. The minimum atomic E-state index is -0.336. The van der Waals surface area contributed by atoms with Gasteiger partial charge in [0.05, 0.1) is 31.5 Å². The molecule has 164 valence electrons. The van der Waals surface area contributed by atoms with Crippen molar-refractivity contribution in [3.63, 3.8) is 0 Å². The van der Waals surface area contributed by atoms with Crippen LogP contribution in [0.15, 0.2) is 47.6 Å². The molecule has 1 heterocycles. The van der Waals surface area contributed by atoms with Crippen LogP contribution in [0.5, 0.6) is 11.5 Å². The minimum Gasteiger partial charge on any atom is -0.496 e. The highest BCUT2D eigenvalue weighted by molar-refractivity contribution is 5.98. The second-order valence-electron chi connectivity index (χ2n) is 8.14. The molecular weight excluding hydrogens is 390 g/mol. The van der Waals surface area contributed by atoms with Gasteiger partial charge in [-0.1, -0.05) is 25.1 Å². The van der Waals surface area contributed by atoms with Crippen LogP contribution in [0.1, 0.15) is 55.6 Å². The Labute approximate surface area is 184 Å². The van der Waals surface area contributed by atoms with E-state index >= 15 is 0 Å². The summed E-state index contributed by atoms with van der Waals surface area (Å²) < 4.78 is 10.9. The number of nitrogens with zero attached hydrogens (tertiary/aromatic N) is 2. The Morgan fingerprint density at radius 2 is 1.87 bits per heavy atom. The molecule has 1 aliphatic heterocycles. The zero-order valence-corrected chi connectivity index (χ0v) is 19.2. The van der Waals surface area contributed by atoms with Gasteiger partial charge in [-0.25, -0.2) is 5.43 Å². The lowest BCUT2D eigenvalue weighted by atomic mass is 9.87. The van der Waals surface area contributed by atoms with E-state index in [0.29, 0.717) is 17.1 Å². The van der Waals surface area contributed by atoms with E-state index in [-0.39, 0.29) is 11.4 Å². The van der Waals surface area contributed by atoms with Crippen LogP contribution in [0, 0.1) is 0 Å². The highest BCUT2D eigenvalue weighted by Gasteiger charge is 2.31. The molecule has 3 rings (SSSR count). The van der Waals surface area contributed by atoms with E-state index in [9.17, 15) is 4.79 Å². The van der Waals surface area contributed by atoms with Gasteiger partial charge in [0.2, 0.25) is 0 Å². The number of methoxy groups -OCH3 is 2. The molecule has 1 N–H and O–H groups in total. The third kappa shape index (κ3) is 4.58. The van der Waals surface area contributed by atoms with E-state index in [1.54, 1.807) is 31.5 Å². The first-order valence-corrected chi connectivity index (χ1v) is 10.5. The van der Waals surface area contributed by atoms with Gasteiger partial charge in [0, 0.05) is 29.4 Å². The highest BCUT2D eigenvalue weighted by Crippen LogP contribution is 2.41. The molecule has 1 amide bonds. The van der Waals surface area contributed by atoms with Crippen LogP contribution in [0.3, 0.4) is 0 Å². The van der Waals surface area contributed by atoms with E-state index in [0.717, 1.165) is 29.8 Å². The number of hydrazone groups is 1. The van der Waals surface area contributed by atoms with Gasteiger partial charge >= 0.3 is 0 Å². The lowest BCUT2D eigenvalue weighted by Crippen LogP contribution is -2.45. The fourth-order valence-electron chi connectivity index (χ4n) is 4.08. The number of carbonyl (C=O) groups excluding carboxylic acids is 1. The lowest BCUT2D eigenvalue weighted by Gasteiger charge is -2.43. The van der Waals surface area contributed by atoms with Crippen molar-refractivity contribution >= 4 is 23.4 Å². The van der Waals surface area contributed by atoms with Crippen LogP contribution in [-0.2, 0) is 0 Å². The molecular formula is C25H31N3O3. The van der Waals surface area contributed by atoms with E-state index in [1.165, 1.54) is 12.7 Å². The summed E-state index contributed by atoms with van der Waals surface area (Å²) in [5.74, 6) is 0.874. The molecule has 0 atom stereocenters. The predicted octanol–water partition coefficient (Wildman–Crippen LogP) is 4.88. The van der Waals surface area contributed by atoms with Crippen LogP contribution in [0.4, 0.5) is 5.69 Å². The van der Waals surface area contributed by atoms with Gasteiger partial charge < -0.3 is 14.4 Å². The number of ether oxygens (including phenoxy) is 2. The monoisotopic (exact) mass is 421 g/mol. The number of rotatable bonds is 7. The lowest BCUT2D eigenvalue weighted by molar-refractivity contribution is 0.0952. The normalized spacial score (nSPS) is 14.8. The van der Waals surface area contributed by atoms with Crippen molar-refractivity contribution in [2.24, 2.45) is 5.10 Å². The Balaban J connectivity index is 1.91. The summed E-state index contributed by atoms with van der Waals surface area (Å²) in [7, 11) is 3.18. The molecule has 0 radical (unpaired) electrons. The highest BCUT2D eigenvalue weighted by atomic mass is 16.5. The van der Waals surface area contributed by atoms with Gasteiger partial charge in [-0.2, -0.15) is 5.10 Å². The topological polar surface area (TPSA) is 63.2 Å². The predicted molar refractivity (Wildman–Crippen MR) is 126 cm³/mol. The van der Waals surface area contributed by atoms with Crippen LogP contribution in [0.2, 0.25) is 0 Å². The SMILES string of the molecule is CCCN1c2cc(OC)c(/C=N\NC(=O)c3ccccc3OC)cc2C(C)=CC1(C)C. The second-order valence-corrected chi connectivity index (χ2v) is 8.14. The first kappa shape index (κ1) is 22.4. The molecule has 0 aliphatic carbocycles. The first-order valence-electron chi connectivity index (χ1n) is 10.5. The molecule has 1 aliphatic rings. The molecule has 0 saturated carbocycles. The number of carbonyl (C=O) groups is 1. The zero-order chi connectivity index (χ0) is 22.6. The number of anilines is 1. The first-order chi connectivity index (χ1) is 14.8. The Morgan fingerprint density at radius 3 is 2.55 bits per heavy atom. The van der Waals surface area contributed by atoms with Crippen molar-refractivity contribution in [3.05, 3.63) is 59.2 Å². The Kier molecular flexibility index (Phi) is 6.68.